The number of carbonyl (C=O) groups is 1. The molecule has 1 aliphatic carbocycles. The molecule has 1 saturated carbocycles. The van der Waals surface area contributed by atoms with Gasteiger partial charge in [0.1, 0.15) is 12.1 Å². The third kappa shape index (κ3) is 3.83. The molecule has 2 fully saturated rings. The molecule has 2 N–H and O–H groups in total. The summed E-state index contributed by atoms with van der Waals surface area (Å²) in [4.78, 5) is 25.5. The average molecular weight is 359 g/mol. The van der Waals surface area contributed by atoms with Gasteiger partial charge in [-0.25, -0.2) is 9.97 Å². The molecule has 3 aliphatic rings. The van der Waals surface area contributed by atoms with E-state index in [9.17, 15) is 9.90 Å². The summed E-state index contributed by atoms with van der Waals surface area (Å²) in [6.07, 6.45) is 8.02. The Morgan fingerprint density at radius 2 is 2.12 bits per heavy atom. The summed E-state index contributed by atoms with van der Waals surface area (Å²) < 4.78 is 0. The maximum Gasteiger partial charge on any atom is 0.226 e. The van der Waals surface area contributed by atoms with Crippen LogP contribution in [-0.2, 0) is 17.8 Å². The minimum absolute atomic E-state index is 0.244. The standard InChI is InChI=1S/C19H29N5O2/c25-12-15-3-1-2-8-23(15)10-7-20-18-16-6-9-24(19(26)14-4-5-14)11-17(16)21-13-22-18/h13-15,25H,1-12H2,(H,20,21,22)/t15-/m0/s1. The fourth-order valence-electron chi connectivity index (χ4n) is 4.16. The topological polar surface area (TPSA) is 81.6 Å². The molecule has 4 rings (SSSR count). The van der Waals surface area contributed by atoms with E-state index in [2.05, 4.69) is 20.2 Å². The number of nitrogens with one attached hydrogen (secondary N) is 1. The third-order valence-corrected chi connectivity index (χ3v) is 5.90. The van der Waals surface area contributed by atoms with Gasteiger partial charge >= 0.3 is 0 Å². The first-order chi connectivity index (χ1) is 12.8. The van der Waals surface area contributed by atoms with E-state index in [1.54, 1.807) is 6.33 Å². The lowest BCUT2D eigenvalue weighted by atomic mass is 10.0. The van der Waals surface area contributed by atoms with Crippen LogP contribution in [0.2, 0.25) is 0 Å². The van der Waals surface area contributed by atoms with Crippen LogP contribution in [0, 0.1) is 5.92 Å². The first-order valence-electron chi connectivity index (χ1n) is 9.96. The van der Waals surface area contributed by atoms with Crippen LogP contribution in [0.4, 0.5) is 5.82 Å². The molecule has 1 aromatic heterocycles. The number of rotatable bonds is 6. The highest BCUT2D eigenvalue weighted by molar-refractivity contribution is 5.81. The Bertz CT molecular complexity index is 649. The Morgan fingerprint density at radius 3 is 2.92 bits per heavy atom. The summed E-state index contributed by atoms with van der Waals surface area (Å²) >= 11 is 0. The van der Waals surface area contributed by atoms with Crippen LogP contribution in [0.5, 0.6) is 0 Å². The lowest BCUT2D eigenvalue weighted by molar-refractivity contribution is -0.133. The molecule has 7 nitrogen and oxygen atoms in total. The first kappa shape index (κ1) is 17.7. The monoisotopic (exact) mass is 359 g/mol. The van der Waals surface area contributed by atoms with Gasteiger partial charge in [-0.1, -0.05) is 6.42 Å². The number of likely N-dealkylation sites (tertiary alicyclic amines) is 1. The van der Waals surface area contributed by atoms with Crippen LogP contribution in [-0.4, -0.2) is 69.6 Å². The van der Waals surface area contributed by atoms with Crippen molar-refractivity contribution < 1.29 is 9.90 Å². The van der Waals surface area contributed by atoms with E-state index in [1.165, 1.54) is 12.8 Å². The van der Waals surface area contributed by atoms with E-state index >= 15 is 0 Å². The van der Waals surface area contributed by atoms with E-state index in [0.29, 0.717) is 18.5 Å². The summed E-state index contributed by atoms with van der Waals surface area (Å²) in [5.74, 6) is 1.47. The Labute approximate surface area is 154 Å². The van der Waals surface area contributed by atoms with Gasteiger partial charge in [0.25, 0.3) is 0 Å². The molecule has 26 heavy (non-hydrogen) atoms. The first-order valence-corrected chi connectivity index (χ1v) is 9.96. The Balaban J connectivity index is 1.35. The van der Waals surface area contributed by atoms with Crippen molar-refractivity contribution in [1.29, 1.82) is 0 Å². The van der Waals surface area contributed by atoms with E-state index < -0.39 is 0 Å². The zero-order chi connectivity index (χ0) is 17.9. The molecule has 2 aliphatic heterocycles. The van der Waals surface area contributed by atoms with Gasteiger partial charge < -0.3 is 15.3 Å². The molecule has 1 saturated heterocycles. The number of fused-ring (bicyclic) bond motifs is 1. The summed E-state index contributed by atoms with van der Waals surface area (Å²) in [6.45, 7) is 4.41. The van der Waals surface area contributed by atoms with Gasteiger partial charge in [0.2, 0.25) is 5.91 Å². The summed E-state index contributed by atoms with van der Waals surface area (Å²) in [6, 6.07) is 0.298. The quantitative estimate of drug-likeness (QED) is 0.790. The second-order valence-electron chi connectivity index (χ2n) is 7.73. The van der Waals surface area contributed by atoms with Crippen molar-refractivity contribution in [3.63, 3.8) is 0 Å². The molecule has 1 aromatic rings. The lowest BCUT2D eigenvalue weighted by Crippen LogP contribution is -2.44. The maximum atomic E-state index is 12.3. The third-order valence-electron chi connectivity index (χ3n) is 5.90. The number of amides is 1. The molecule has 1 amide bonds. The summed E-state index contributed by atoms with van der Waals surface area (Å²) in [5, 5.41) is 13.0. The molecular formula is C19H29N5O2. The van der Waals surface area contributed by atoms with Crippen molar-refractivity contribution in [1.82, 2.24) is 19.8 Å². The number of aliphatic hydroxyl groups excluding tert-OH is 1. The van der Waals surface area contributed by atoms with Gasteiger partial charge in [0.15, 0.2) is 0 Å². The average Bonchev–Trinajstić information content (AvgIpc) is 3.53. The van der Waals surface area contributed by atoms with Gasteiger partial charge in [-0.3, -0.25) is 9.69 Å². The Hall–Kier alpha value is -1.73. The van der Waals surface area contributed by atoms with Crippen LogP contribution in [0.3, 0.4) is 0 Å². The van der Waals surface area contributed by atoms with Crippen LogP contribution in [0.15, 0.2) is 6.33 Å². The summed E-state index contributed by atoms with van der Waals surface area (Å²) in [7, 11) is 0. The number of hydrogen-bond acceptors (Lipinski definition) is 6. The Morgan fingerprint density at radius 1 is 1.23 bits per heavy atom. The van der Waals surface area contributed by atoms with Crippen molar-refractivity contribution >= 4 is 11.7 Å². The number of anilines is 1. The minimum Gasteiger partial charge on any atom is -0.395 e. The minimum atomic E-state index is 0.244. The molecular weight excluding hydrogens is 330 g/mol. The fourth-order valence-corrected chi connectivity index (χ4v) is 4.16. The maximum absolute atomic E-state index is 12.3. The van der Waals surface area contributed by atoms with E-state index in [4.69, 9.17) is 0 Å². The smallest absolute Gasteiger partial charge is 0.226 e. The predicted molar refractivity (Wildman–Crippen MR) is 98.7 cm³/mol. The van der Waals surface area contributed by atoms with Crippen molar-refractivity contribution in [2.24, 2.45) is 5.92 Å². The Kier molecular flexibility index (Phi) is 5.36. The molecule has 0 spiro atoms. The summed E-state index contributed by atoms with van der Waals surface area (Å²) in [5.41, 5.74) is 2.14. The number of carbonyl (C=O) groups excluding carboxylic acids is 1. The van der Waals surface area contributed by atoms with Gasteiger partial charge in [0, 0.05) is 37.2 Å². The zero-order valence-corrected chi connectivity index (χ0v) is 15.4. The SMILES string of the molecule is O=C(C1CC1)N1CCc2c(ncnc2NCCN2CCCC[C@H]2CO)C1. The van der Waals surface area contributed by atoms with E-state index in [0.717, 1.165) is 68.9 Å². The molecule has 0 aromatic carbocycles. The number of piperidine rings is 1. The van der Waals surface area contributed by atoms with Crippen molar-refractivity contribution in [2.75, 3.05) is 38.1 Å². The van der Waals surface area contributed by atoms with Crippen LogP contribution < -0.4 is 5.32 Å². The second kappa shape index (κ2) is 7.88. The molecule has 0 bridgehead atoms. The molecule has 7 heteroatoms. The molecule has 142 valence electrons. The highest BCUT2D eigenvalue weighted by atomic mass is 16.3. The normalized spacial score (nSPS) is 23.6. The number of aromatic nitrogens is 2. The largest absolute Gasteiger partial charge is 0.395 e. The highest BCUT2D eigenvalue weighted by Crippen LogP contribution is 2.33. The van der Waals surface area contributed by atoms with E-state index in [1.807, 2.05) is 4.90 Å². The van der Waals surface area contributed by atoms with Gasteiger partial charge in [0.05, 0.1) is 18.8 Å². The number of aliphatic hydroxyl groups is 1. The van der Waals surface area contributed by atoms with Gasteiger partial charge in [-0.15, -0.1) is 0 Å². The molecule has 0 radical (unpaired) electrons. The van der Waals surface area contributed by atoms with Crippen molar-refractivity contribution in [3.05, 3.63) is 17.6 Å². The molecule has 0 unspecified atom stereocenters. The highest BCUT2D eigenvalue weighted by Gasteiger charge is 2.35. The predicted octanol–water partition coefficient (Wildman–Crippen LogP) is 1.03. The van der Waals surface area contributed by atoms with Gasteiger partial charge in [-0.2, -0.15) is 0 Å². The fraction of sp³-hybridized carbons (Fsp3) is 0.737. The van der Waals surface area contributed by atoms with Crippen molar-refractivity contribution in [2.45, 2.75) is 51.1 Å². The van der Waals surface area contributed by atoms with E-state index in [-0.39, 0.29) is 12.5 Å². The van der Waals surface area contributed by atoms with Crippen LogP contribution in [0.25, 0.3) is 0 Å². The lowest BCUT2D eigenvalue weighted by Gasteiger charge is -2.34. The number of hydrogen-bond donors (Lipinski definition) is 2. The molecule has 3 heterocycles. The zero-order valence-electron chi connectivity index (χ0n) is 15.4. The molecule has 1 atom stereocenters. The van der Waals surface area contributed by atoms with Crippen molar-refractivity contribution in [3.8, 4) is 0 Å². The second-order valence-corrected chi connectivity index (χ2v) is 7.73. The van der Waals surface area contributed by atoms with Gasteiger partial charge in [-0.05, 0) is 38.6 Å². The number of nitrogens with zero attached hydrogens (tertiary/aromatic N) is 4. The van der Waals surface area contributed by atoms with Crippen LogP contribution in [0.1, 0.15) is 43.4 Å². The van der Waals surface area contributed by atoms with Crippen LogP contribution >= 0.6 is 0 Å².